The molecule has 0 amide bonds. The van der Waals surface area contributed by atoms with Crippen LogP contribution in [0.1, 0.15) is 26.5 Å². The van der Waals surface area contributed by atoms with Crippen molar-refractivity contribution in [2.24, 2.45) is 0 Å². The Morgan fingerprint density at radius 2 is 1.60 bits per heavy atom. The molecule has 5 nitrogen and oxygen atoms in total. The monoisotopic (exact) mass is 266 g/mol. The van der Waals surface area contributed by atoms with Crippen molar-refractivity contribution in [2.45, 2.75) is 0 Å². The molecule has 3 aromatic rings. The summed E-state index contributed by atoms with van der Waals surface area (Å²) in [6.07, 6.45) is 0. The second-order valence-corrected chi connectivity index (χ2v) is 4.28. The third-order valence-corrected chi connectivity index (χ3v) is 3.01. The minimum atomic E-state index is -1.13. The van der Waals surface area contributed by atoms with Gasteiger partial charge in [-0.05, 0) is 18.2 Å². The Bertz CT molecular complexity index is 788. The average Bonchev–Trinajstić information content (AvgIpc) is 2.90. The zero-order chi connectivity index (χ0) is 14.1. The standard InChI is InChI=1S/C15H10N2O3/c18-13(9-5-1-2-6-10(9)15(19)20)14-16-11-7-3-4-8-12(11)17-14/h1-8H,(H,16,17)(H,19,20). The molecule has 1 aromatic heterocycles. The SMILES string of the molecule is O=C(O)c1ccccc1C(=O)c1nc2ccccc2[nH]1. The van der Waals surface area contributed by atoms with Gasteiger partial charge < -0.3 is 10.1 Å². The smallest absolute Gasteiger partial charge is 0.336 e. The number of benzene rings is 2. The van der Waals surface area contributed by atoms with Gasteiger partial charge in [-0.3, -0.25) is 4.79 Å². The number of carbonyl (C=O) groups excluding carboxylic acids is 1. The maximum absolute atomic E-state index is 12.4. The Morgan fingerprint density at radius 3 is 2.30 bits per heavy atom. The number of hydrogen-bond acceptors (Lipinski definition) is 3. The first-order chi connectivity index (χ1) is 9.66. The van der Waals surface area contributed by atoms with Gasteiger partial charge in [0.15, 0.2) is 5.82 Å². The minimum Gasteiger partial charge on any atom is -0.478 e. The fourth-order valence-corrected chi connectivity index (χ4v) is 2.06. The van der Waals surface area contributed by atoms with Crippen molar-refractivity contribution >= 4 is 22.8 Å². The molecule has 0 aliphatic rings. The summed E-state index contributed by atoms with van der Waals surface area (Å²) in [7, 11) is 0. The highest BCUT2D eigenvalue weighted by Gasteiger charge is 2.19. The number of ketones is 1. The Balaban J connectivity index is 2.11. The third kappa shape index (κ3) is 1.95. The second kappa shape index (κ2) is 4.62. The molecule has 20 heavy (non-hydrogen) atoms. The zero-order valence-electron chi connectivity index (χ0n) is 10.3. The predicted molar refractivity (Wildman–Crippen MR) is 72.9 cm³/mol. The van der Waals surface area contributed by atoms with Crippen LogP contribution in [-0.2, 0) is 0 Å². The van der Waals surface area contributed by atoms with Gasteiger partial charge in [-0.2, -0.15) is 0 Å². The molecular formula is C15H10N2O3. The Labute approximate surface area is 113 Å². The van der Waals surface area contributed by atoms with Crippen LogP contribution in [0, 0.1) is 0 Å². The lowest BCUT2D eigenvalue weighted by Crippen LogP contribution is -2.10. The van der Waals surface area contributed by atoms with Crippen LogP contribution in [0.15, 0.2) is 48.5 Å². The van der Waals surface area contributed by atoms with E-state index in [0.29, 0.717) is 5.52 Å². The lowest BCUT2D eigenvalue weighted by Gasteiger charge is -2.02. The first-order valence-electron chi connectivity index (χ1n) is 5.98. The number of para-hydroxylation sites is 2. The molecule has 0 atom stereocenters. The maximum Gasteiger partial charge on any atom is 0.336 e. The number of imidazole rings is 1. The van der Waals surface area contributed by atoms with Crippen LogP contribution in [0.5, 0.6) is 0 Å². The highest BCUT2D eigenvalue weighted by Crippen LogP contribution is 2.16. The summed E-state index contributed by atoms with van der Waals surface area (Å²) in [5, 5.41) is 9.12. The van der Waals surface area contributed by atoms with Crippen LogP contribution in [0.25, 0.3) is 11.0 Å². The molecule has 3 rings (SSSR count). The van der Waals surface area contributed by atoms with Crippen LogP contribution in [0.4, 0.5) is 0 Å². The number of hydrogen-bond donors (Lipinski definition) is 2. The third-order valence-electron chi connectivity index (χ3n) is 3.01. The lowest BCUT2D eigenvalue weighted by molar-refractivity contribution is 0.0692. The fourth-order valence-electron chi connectivity index (χ4n) is 2.06. The predicted octanol–water partition coefficient (Wildman–Crippen LogP) is 2.49. The van der Waals surface area contributed by atoms with Gasteiger partial charge in [0.05, 0.1) is 16.6 Å². The molecule has 0 bridgehead atoms. The number of aromatic nitrogens is 2. The number of nitrogens with zero attached hydrogens (tertiary/aromatic N) is 1. The van der Waals surface area contributed by atoms with E-state index in [2.05, 4.69) is 9.97 Å². The van der Waals surface area contributed by atoms with Crippen LogP contribution in [0.3, 0.4) is 0 Å². The second-order valence-electron chi connectivity index (χ2n) is 4.28. The highest BCUT2D eigenvalue weighted by molar-refractivity contribution is 6.13. The van der Waals surface area contributed by atoms with Gasteiger partial charge >= 0.3 is 5.97 Å². The van der Waals surface area contributed by atoms with Crippen LogP contribution in [-0.4, -0.2) is 26.8 Å². The summed E-state index contributed by atoms with van der Waals surface area (Å²) in [6, 6.07) is 13.3. The number of carboxylic acid groups (broad SMARTS) is 1. The van der Waals surface area contributed by atoms with Gasteiger partial charge in [0.25, 0.3) is 0 Å². The zero-order valence-corrected chi connectivity index (χ0v) is 10.3. The van der Waals surface area contributed by atoms with Gasteiger partial charge in [-0.15, -0.1) is 0 Å². The molecule has 0 aliphatic heterocycles. The van der Waals surface area contributed by atoms with Crippen molar-refractivity contribution in [3.8, 4) is 0 Å². The van der Waals surface area contributed by atoms with Gasteiger partial charge in [-0.1, -0.05) is 30.3 Å². The van der Waals surface area contributed by atoms with E-state index in [0.717, 1.165) is 5.52 Å². The number of carboxylic acids is 1. The van der Waals surface area contributed by atoms with Crippen LogP contribution < -0.4 is 0 Å². The van der Waals surface area contributed by atoms with Crippen molar-refractivity contribution in [2.75, 3.05) is 0 Å². The summed E-state index contributed by atoms with van der Waals surface area (Å²) in [5.41, 5.74) is 1.50. The number of fused-ring (bicyclic) bond motifs is 1. The summed E-state index contributed by atoms with van der Waals surface area (Å²) < 4.78 is 0. The molecule has 0 saturated heterocycles. The molecular weight excluding hydrogens is 256 g/mol. The molecule has 0 spiro atoms. The van der Waals surface area contributed by atoms with Crippen molar-refractivity contribution in [1.29, 1.82) is 0 Å². The summed E-state index contributed by atoms with van der Waals surface area (Å²) in [6.45, 7) is 0. The van der Waals surface area contributed by atoms with E-state index in [1.54, 1.807) is 18.2 Å². The fraction of sp³-hybridized carbons (Fsp3) is 0. The Hall–Kier alpha value is -2.95. The quantitative estimate of drug-likeness (QED) is 0.713. The topological polar surface area (TPSA) is 83.0 Å². The van der Waals surface area contributed by atoms with E-state index in [1.165, 1.54) is 12.1 Å². The molecule has 0 fully saturated rings. The average molecular weight is 266 g/mol. The summed E-state index contributed by atoms with van der Waals surface area (Å²) >= 11 is 0. The molecule has 0 aliphatic carbocycles. The van der Waals surface area contributed by atoms with Gasteiger partial charge in [0.1, 0.15) is 0 Å². The van der Waals surface area contributed by atoms with Gasteiger partial charge in [-0.25, -0.2) is 9.78 Å². The summed E-state index contributed by atoms with van der Waals surface area (Å²) in [4.78, 5) is 30.6. The van der Waals surface area contributed by atoms with Crippen molar-refractivity contribution in [3.63, 3.8) is 0 Å². The van der Waals surface area contributed by atoms with Crippen LogP contribution in [0.2, 0.25) is 0 Å². The molecule has 1 heterocycles. The van der Waals surface area contributed by atoms with Gasteiger partial charge in [0, 0.05) is 5.56 Å². The molecule has 2 N–H and O–H groups in total. The molecule has 2 aromatic carbocycles. The summed E-state index contributed by atoms with van der Waals surface area (Å²) in [5.74, 6) is -1.43. The lowest BCUT2D eigenvalue weighted by atomic mass is 10.0. The number of aromatic amines is 1. The number of nitrogens with one attached hydrogen (secondary N) is 1. The maximum atomic E-state index is 12.4. The highest BCUT2D eigenvalue weighted by atomic mass is 16.4. The molecule has 0 unspecified atom stereocenters. The van der Waals surface area contributed by atoms with Crippen molar-refractivity contribution in [1.82, 2.24) is 9.97 Å². The molecule has 98 valence electrons. The van der Waals surface area contributed by atoms with E-state index in [4.69, 9.17) is 5.11 Å². The number of rotatable bonds is 3. The Kier molecular flexibility index (Phi) is 2.80. The van der Waals surface area contributed by atoms with Gasteiger partial charge in [0.2, 0.25) is 5.78 Å². The first-order valence-corrected chi connectivity index (χ1v) is 5.98. The van der Waals surface area contributed by atoms with E-state index in [1.807, 2.05) is 18.2 Å². The van der Waals surface area contributed by atoms with E-state index >= 15 is 0 Å². The van der Waals surface area contributed by atoms with Crippen molar-refractivity contribution < 1.29 is 14.7 Å². The normalized spacial score (nSPS) is 10.6. The van der Waals surface area contributed by atoms with E-state index < -0.39 is 11.8 Å². The number of carbonyl (C=O) groups is 2. The Morgan fingerprint density at radius 1 is 0.950 bits per heavy atom. The number of H-pyrrole nitrogens is 1. The molecule has 5 heteroatoms. The minimum absolute atomic E-state index is 0.0297. The first kappa shape index (κ1) is 12.1. The van der Waals surface area contributed by atoms with Crippen molar-refractivity contribution in [3.05, 3.63) is 65.5 Å². The molecule has 0 radical (unpaired) electrons. The largest absolute Gasteiger partial charge is 0.478 e. The van der Waals surface area contributed by atoms with Crippen LogP contribution >= 0.6 is 0 Å². The molecule has 0 saturated carbocycles. The number of aromatic carboxylic acids is 1. The van der Waals surface area contributed by atoms with E-state index in [-0.39, 0.29) is 17.0 Å². The van der Waals surface area contributed by atoms with E-state index in [9.17, 15) is 9.59 Å².